The maximum Gasteiger partial charge on any atom is 0.404 e. The Hall–Kier alpha value is -0.540. The number of ether oxygens (including phenoxy) is 1. The van der Waals surface area contributed by atoms with Crippen LogP contribution in [0.5, 0.6) is 0 Å². The summed E-state index contributed by atoms with van der Waals surface area (Å²) in [6, 6.07) is 7.73. The van der Waals surface area contributed by atoms with Crippen LogP contribution in [0.2, 0.25) is 0 Å². The fraction of sp³-hybridized carbons (Fsp3) is 0.222. The molecule has 0 saturated heterocycles. The molecule has 0 atom stereocenters. The van der Waals surface area contributed by atoms with E-state index < -0.39 is 5.43 Å². The molecule has 0 fully saturated rings. The first kappa shape index (κ1) is 10.5. The lowest BCUT2D eigenvalue weighted by atomic mass is 10.2. The summed E-state index contributed by atoms with van der Waals surface area (Å²) in [5, 5.41) is 0.822. The van der Waals surface area contributed by atoms with Crippen molar-refractivity contribution in [2.45, 2.75) is 11.9 Å². The highest BCUT2D eigenvalue weighted by Gasteiger charge is 1.97. The Morgan fingerprint density at radius 2 is 1.85 bits per heavy atom. The lowest BCUT2D eigenvalue weighted by Gasteiger charge is -2.01. The Morgan fingerprint density at radius 1 is 1.31 bits per heavy atom. The smallest absolute Gasteiger partial charge is 0.404 e. The second-order valence-corrected chi connectivity index (χ2v) is 3.35. The first-order chi connectivity index (χ1) is 6.22. The Morgan fingerprint density at radius 3 is 2.31 bits per heavy atom. The van der Waals surface area contributed by atoms with Gasteiger partial charge in [-0.2, -0.15) is 0 Å². The first-order valence-corrected chi connectivity index (χ1v) is 5.18. The summed E-state index contributed by atoms with van der Waals surface area (Å²) in [5.74, 6) is 0. The van der Waals surface area contributed by atoms with Gasteiger partial charge in [-0.3, -0.25) is 0 Å². The SMILES string of the molecule is O=C(Cl)OCc1ccc(CBr)cc1. The molecule has 0 aromatic heterocycles. The lowest BCUT2D eigenvalue weighted by molar-refractivity contribution is 0.167. The van der Waals surface area contributed by atoms with Gasteiger partial charge < -0.3 is 4.74 Å². The van der Waals surface area contributed by atoms with Crippen molar-refractivity contribution < 1.29 is 9.53 Å². The highest BCUT2D eigenvalue weighted by molar-refractivity contribution is 9.08. The Balaban J connectivity index is 2.54. The van der Waals surface area contributed by atoms with Gasteiger partial charge in [0.15, 0.2) is 0 Å². The second kappa shape index (κ2) is 5.25. The van der Waals surface area contributed by atoms with Crippen LogP contribution in [0.3, 0.4) is 0 Å². The standard InChI is InChI=1S/C9H8BrClO2/c10-5-7-1-3-8(4-2-7)6-13-9(11)12/h1-4H,5-6H2. The molecule has 13 heavy (non-hydrogen) atoms. The topological polar surface area (TPSA) is 26.3 Å². The molecule has 0 aliphatic carbocycles. The molecular weight excluding hydrogens is 255 g/mol. The average molecular weight is 264 g/mol. The van der Waals surface area contributed by atoms with Crippen molar-refractivity contribution in [1.29, 1.82) is 0 Å². The number of carbonyl (C=O) groups is 1. The van der Waals surface area contributed by atoms with Crippen LogP contribution in [0, 0.1) is 0 Å². The van der Waals surface area contributed by atoms with Crippen molar-refractivity contribution in [3.63, 3.8) is 0 Å². The molecular formula is C9H8BrClO2. The van der Waals surface area contributed by atoms with Gasteiger partial charge in [0.25, 0.3) is 0 Å². The van der Waals surface area contributed by atoms with Gasteiger partial charge in [0.05, 0.1) is 0 Å². The van der Waals surface area contributed by atoms with Crippen molar-refractivity contribution >= 4 is 33.0 Å². The summed E-state index contributed by atoms with van der Waals surface area (Å²) < 4.78 is 4.62. The molecule has 70 valence electrons. The summed E-state index contributed by atoms with van der Waals surface area (Å²) in [6.07, 6.45) is 0. The van der Waals surface area contributed by atoms with Crippen molar-refractivity contribution in [2.75, 3.05) is 0 Å². The fourth-order valence-corrected chi connectivity index (χ4v) is 1.29. The van der Waals surface area contributed by atoms with E-state index in [1.165, 1.54) is 5.56 Å². The molecule has 0 radical (unpaired) electrons. The minimum absolute atomic E-state index is 0.227. The molecule has 1 aromatic rings. The summed E-state index contributed by atoms with van der Waals surface area (Å²) in [5.41, 5.74) is 1.34. The maximum atomic E-state index is 10.3. The third kappa shape index (κ3) is 3.79. The number of benzene rings is 1. The molecule has 0 N–H and O–H groups in total. The average Bonchev–Trinajstić information content (AvgIpc) is 2.15. The summed E-state index contributed by atoms with van der Waals surface area (Å²) >= 11 is 8.36. The summed E-state index contributed by atoms with van der Waals surface area (Å²) in [6.45, 7) is 0.227. The molecule has 0 bridgehead atoms. The predicted octanol–water partition coefficient (Wildman–Crippen LogP) is 3.46. The van der Waals surface area contributed by atoms with E-state index in [2.05, 4.69) is 20.7 Å². The van der Waals surface area contributed by atoms with Gasteiger partial charge in [0.2, 0.25) is 0 Å². The van der Waals surface area contributed by atoms with E-state index in [9.17, 15) is 4.79 Å². The van der Waals surface area contributed by atoms with Crippen LogP contribution >= 0.6 is 27.5 Å². The van der Waals surface area contributed by atoms with Crippen LogP contribution in [-0.2, 0) is 16.7 Å². The zero-order valence-corrected chi connectivity index (χ0v) is 9.14. The molecule has 0 spiro atoms. The number of hydrogen-bond acceptors (Lipinski definition) is 2. The molecule has 2 nitrogen and oxygen atoms in total. The molecule has 4 heteroatoms. The van der Waals surface area contributed by atoms with Gasteiger partial charge in [-0.15, -0.1) is 0 Å². The second-order valence-electron chi connectivity index (χ2n) is 2.48. The van der Waals surface area contributed by atoms with Gasteiger partial charge in [-0.1, -0.05) is 40.2 Å². The third-order valence-electron chi connectivity index (χ3n) is 1.53. The minimum Gasteiger partial charge on any atom is -0.449 e. The van der Waals surface area contributed by atoms with Crippen LogP contribution in [0.15, 0.2) is 24.3 Å². The largest absolute Gasteiger partial charge is 0.449 e. The highest BCUT2D eigenvalue weighted by atomic mass is 79.9. The van der Waals surface area contributed by atoms with Gasteiger partial charge >= 0.3 is 5.43 Å². The van der Waals surface area contributed by atoms with Crippen LogP contribution in [0.4, 0.5) is 4.79 Å². The Bertz CT molecular complexity index is 284. The van der Waals surface area contributed by atoms with Crippen molar-refractivity contribution in [3.05, 3.63) is 35.4 Å². The first-order valence-electron chi connectivity index (χ1n) is 3.68. The van der Waals surface area contributed by atoms with E-state index in [-0.39, 0.29) is 6.61 Å². The number of rotatable bonds is 3. The van der Waals surface area contributed by atoms with Crippen LogP contribution in [-0.4, -0.2) is 5.43 Å². The van der Waals surface area contributed by atoms with E-state index >= 15 is 0 Å². The van der Waals surface area contributed by atoms with Crippen molar-refractivity contribution in [3.8, 4) is 0 Å². The van der Waals surface area contributed by atoms with Crippen LogP contribution in [0.1, 0.15) is 11.1 Å². The quantitative estimate of drug-likeness (QED) is 0.617. The van der Waals surface area contributed by atoms with Gasteiger partial charge in [0.1, 0.15) is 6.61 Å². The van der Waals surface area contributed by atoms with E-state index in [1.54, 1.807) is 0 Å². The van der Waals surface area contributed by atoms with Crippen LogP contribution in [0.25, 0.3) is 0 Å². The number of hydrogen-bond donors (Lipinski definition) is 0. The van der Waals surface area contributed by atoms with Gasteiger partial charge in [-0.25, -0.2) is 4.79 Å². The van der Waals surface area contributed by atoms with Gasteiger partial charge in [0, 0.05) is 16.9 Å². The zero-order valence-electron chi connectivity index (χ0n) is 6.80. The molecule has 0 aliphatic heterocycles. The zero-order chi connectivity index (χ0) is 9.68. The third-order valence-corrected chi connectivity index (χ3v) is 2.29. The summed E-state index contributed by atoms with van der Waals surface area (Å²) in [4.78, 5) is 10.3. The highest BCUT2D eigenvalue weighted by Crippen LogP contribution is 2.09. The molecule has 0 saturated carbocycles. The molecule has 1 aromatic carbocycles. The Labute approximate surface area is 90.0 Å². The summed E-state index contributed by atoms with van der Waals surface area (Å²) in [7, 11) is 0. The van der Waals surface area contributed by atoms with E-state index in [0.717, 1.165) is 10.9 Å². The monoisotopic (exact) mass is 262 g/mol. The van der Waals surface area contributed by atoms with E-state index in [0.29, 0.717) is 0 Å². The van der Waals surface area contributed by atoms with Gasteiger partial charge in [-0.05, 0) is 11.1 Å². The normalized spacial score (nSPS) is 9.69. The maximum absolute atomic E-state index is 10.3. The van der Waals surface area contributed by atoms with Crippen molar-refractivity contribution in [2.24, 2.45) is 0 Å². The lowest BCUT2D eigenvalue weighted by Crippen LogP contribution is -1.94. The number of alkyl halides is 1. The molecule has 0 aliphatic rings. The fourth-order valence-electron chi connectivity index (χ4n) is 0.865. The van der Waals surface area contributed by atoms with E-state index in [4.69, 9.17) is 11.6 Å². The number of halogens is 2. The molecule has 0 unspecified atom stereocenters. The number of carbonyl (C=O) groups excluding carboxylic acids is 1. The predicted molar refractivity (Wildman–Crippen MR) is 55.1 cm³/mol. The molecule has 0 heterocycles. The van der Waals surface area contributed by atoms with Crippen molar-refractivity contribution in [1.82, 2.24) is 0 Å². The van der Waals surface area contributed by atoms with Crippen LogP contribution < -0.4 is 0 Å². The van der Waals surface area contributed by atoms with E-state index in [1.807, 2.05) is 24.3 Å². The Kier molecular flexibility index (Phi) is 4.25. The minimum atomic E-state index is -0.774. The molecule has 0 amide bonds. The molecule has 1 rings (SSSR count).